The highest BCUT2D eigenvalue weighted by atomic mass is 16.4. The number of hydrogen-bond acceptors (Lipinski definition) is 4. The van der Waals surface area contributed by atoms with E-state index in [-0.39, 0.29) is 17.7 Å². The normalized spacial score (nSPS) is 20.4. The van der Waals surface area contributed by atoms with Crippen LogP contribution >= 0.6 is 0 Å². The van der Waals surface area contributed by atoms with E-state index >= 15 is 0 Å². The highest BCUT2D eigenvalue weighted by Crippen LogP contribution is 2.30. The van der Waals surface area contributed by atoms with Crippen LogP contribution in [0.15, 0.2) is 27.5 Å². The molecule has 1 saturated carbocycles. The molecule has 0 aromatic carbocycles. The number of fused-ring (bicyclic) bond motifs is 1. The number of oxazole rings is 1. The lowest BCUT2D eigenvalue weighted by atomic mass is 10.0. The SMILES string of the molecule is O=C(C1CCCC1)N1CCC(n2c(=O)oc3cccnc32)CC1. The summed E-state index contributed by atoms with van der Waals surface area (Å²) >= 11 is 0. The quantitative estimate of drug-likeness (QED) is 0.853. The first-order valence-corrected chi connectivity index (χ1v) is 8.49. The molecule has 23 heavy (non-hydrogen) atoms. The van der Waals surface area contributed by atoms with E-state index in [1.807, 2.05) is 4.90 Å². The van der Waals surface area contributed by atoms with Crippen molar-refractivity contribution < 1.29 is 9.21 Å². The van der Waals surface area contributed by atoms with Crippen molar-refractivity contribution in [3.8, 4) is 0 Å². The maximum atomic E-state index is 12.5. The molecule has 0 atom stereocenters. The summed E-state index contributed by atoms with van der Waals surface area (Å²) in [4.78, 5) is 30.9. The molecule has 0 spiro atoms. The van der Waals surface area contributed by atoms with Crippen LogP contribution in [0.3, 0.4) is 0 Å². The summed E-state index contributed by atoms with van der Waals surface area (Å²) in [5.74, 6) is 0.188. The molecule has 1 amide bonds. The molecule has 6 nitrogen and oxygen atoms in total. The van der Waals surface area contributed by atoms with Crippen LogP contribution in [0.1, 0.15) is 44.6 Å². The summed E-state index contributed by atoms with van der Waals surface area (Å²) in [6.45, 7) is 1.43. The molecule has 0 unspecified atom stereocenters. The van der Waals surface area contributed by atoms with Gasteiger partial charge >= 0.3 is 5.76 Å². The van der Waals surface area contributed by atoms with E-state index in [2.05, 4.69) is 4.98 Å². The number of piperidine rings is 1. The zero-order chi connectivity index (χ0) is 15.8. The summed E-state index contributed by atoms with van der Waals surface area (Å²) in [6, 6.07) is 3.59. The lowest BCUT2D eigenvalue weighted by Crippen LogP contribution is -2.42. The van der Waals surface area contributed by atoms with Crippen molar-refractivity contribution in [3.63, 3.8) is 0 Å². The maximum Gasteiger partial charge on any atom is 0.421 e. The number of rotatable bonds is 2. The first-order valence-electron chi connectivity index (χ1n) is 8.49. The van der Waals surface area contributed by atoms with Gasteiger partial charge in [0.1, 0.15) is 0 Å². The van der Waals surface area contributed by atoms with E-state index in [9.17, 15) is 9.59 Å². The number of nitrogens with zero attached hydrogens (tertiary/aromatic N) is 3. The third kappa shape index (κ3) is 2.56. The fraction of sp³-hybridized carbons (Fsp3) is 0.588. The average Bonchev–Trinajstić information content (AvgIpc) is 3.21. The molecule has 2 aromatic heterocycles. The van der Waals surface area contributed by atoms with Crippen molar-refractivity contribution in [2.45, 2.75) is 44.6 Å². The Morgan fingerprint density at radius 3 is 2.65 bits per heavy atom. The minimum Gasteiger partial charge on any atom is -0.406 e. The van der Waals surface area contributed by atoms with Gasteiger partial charge in [-0.2, -0.15) is 0 Å². The molecule has 0 N–H and O–H groups in total. The van der Waals surface area contributed by atoms with Crippen LogP contribution in [-0.2, 0) is 4.79 Å². The molecule has 0 radical (unpaired) electrons. The second-order valence-electron chi connectivity index (χ2n) is 6.60. The van der Waals surface area contributed by atoms with Gasteiger partial charge in [0, 0.05) is 31.2 Å². The monoisotopic (exact) mass is 315 g/mol. The average molecular weight is 315 g/mol. The second kappa shape index (κ2) is 5.83. The van der Waals surface area contributed by atoms with E-state index in [1.54, 1.807) is 22.9 Å². The summed E-state index contributed by atoms with van der Waals surface area (Å²) in [7, 11) is 0. The third-order valence-corrected chi connectivity index (χ3v) is 5.22. The van der Waals surface area contributed by atoms with Crippen LogP contribution in [0.25, 0.3) is 11.2 Å². The number of hydrogen-bond donors (Lipinski definition) is 0. The van der Waals surface area contributed by atoms with Crippen LogP contribution in [0.5, 0.6) is 0 Å². The Hall–Kier alpha value is -2.11. The zero-order valence-corrected chi connectivity index (χ0v) is 13.1. The molecule has 1 aliphatic heterocycles. The molecule has 6 heteroatoms. The van der Waals surface area contributed by atoms with Gasteiger partial charge in [-0.05, 0) is 37.8 Å². The number of carbonyl (C=O) groups is 1. The highest BCUT2D eigenvalue weighted by Gasteiger charge is 2.31. The molecule has 1 aliphatic carbocycles. The van der Waals surface area contributed by atoms with Gasteiger partial charge in [0.15, 0.2) is 11.2 Å². The largest absolute Gasteiger partial charge is 0.421 e. The number of amides is 1. The van der Waals surface area contributed by atoms with Gasteiger partial charge in [-0.25, -0.2) is 9.78 Å². The Balaban J connectivity index is 1.49. The zero-order valence-electron chi connectivity index (χ0n) is 13.1. The molecule has 0 bridgehead atoms. The molecule has 2 fully saturated rings. The van der Waals surface area contributed by atoms with Crippen LogP contribution in [0.2, 0.25) is 0 Å². The van der Waals surface area contributed by atoms with Crippen molar-refractivity contribution >= 4 is 17.1 Å². The predicted octanol–water partition coefficient (Wildman–Crippen LogP) is 2.34. The van der Waals surface area contributed by atoms with E-state index in [1.165, 1.54) is 12.8 Å². The Bertz CT molecular complexity index is 765. The third-order valence-electron chi connectivity index (χ3n) is 5.22. The standard InChI is InChI=1S/C17H21N3O3/c21-16(12-4-1-2-5-12)19-10-7-13(8-11-19)20-15-14(23-17(20)22)6-3-9-18-15/h3,6,9,12-13H,1-2,4-5,7-8,10-11H2. The second-order valence-corrected chi connectivity index (χ2v) is 6.60. The molecule has 3 heterocycles. The minimum absolute atomic E-state index is 0.0614. The van der Waals surface area contributed by atoms with Gasteiger partial charge in [-0.1, -0.05) is 12.8 Å². The van der Waals surface area contributed by atoms with E-state index in [0.717, 1.165) is 25.7 Å². The Morgan fingerprint density at radius 1 is 1.17 bits per heavy atom. The van der Waals surface area contributed by atoms with Gasteiger partial charge < -0.3 is 9.32 Å². The lowest BCUT2D eigenvalue weighted by Gasteiger charge is -2.33. The molecule has 2 aliphatic rings. The fourth-order valence-corrected chi connectivity index (χ4v) is 3.97. The highest BCUT2D eigenvalue weighted by molar-refractivity contribution is 5.79. The van der Waals surface area contributed by atoms with Gasteiger partial charge in [0.25, 0.3) is 0 Å². The van der Waals surface area contributed by atoms with E-state index in [0.29, 0.717) is 30.2 Å². The van der Waals surface area contributed by atoms with Crippen LogP contribution in [0.4, 0.5) is 0 Å². The van der Waals surface area contributed by atoms with Crippen LogP contribution in [-0.4, -0.2) is 33.4 Å². The van der Waals surface area contributed by atoms with Gasteiger partial charge in [-0.3, -0.25) is 9.36 Å². The van der Waals surface area contributed by atoms with E-state index < -0.39 is 0 Å². The predicted molar refractivity (Wildman–Crippen MR) is 85.1 cm³/mol. The molecular weight excluding hydrogens is 294 g/mol. The molecular formula is C17H21N3O3. The minimum atomic E-state index is -0.348. The van der Waals surface area contributed by atoms with Crippen LogP contribution in [0, 0.1) is 5.92 Å². The summed E-state index contributed by atoms with van der Waals surface area (Å²) in [5.41, 5.74) is 1.14. The Morgan fingerprint density at radius 2 is 1.91 bits per heavy atom. The maximum absolute atomic E-state index is 12.5. The van der Waals surface area contributed by atoms with Gasteiger partial charge in [0.2, 0.25) is 5.91 Å². The van der Waals surface area contributed by atoms with Crippen molar-refractivity contribution in [2.24, 2.45) is 5.92 Å². The summed E-state index contributed by atoms with van der Waals surface area (Å²) in [5, 5.41) is 0. The smallest absolute Gasteiger partial charge is 0.406 e. The van der Waals surface area contributed by atoms with Gasteiger partial charge in [0.05, 0.1) is 0 Å². The fourth-order valence-electron chi connectivity index (χ4n) is 3.97. The van der Waals surface area contributed by atoms with E-state index in [4.69, 9.17) is 4.42 Å². The molecule has 2 aromatic rings. The van der Waals surface area contributed by atoms with Crippen molar-refractivity contribution in [1.29, 1.82) is 0 Å². The number of pyridine rings is 1. The van der Waals surface area contributed by atoms with Gasteiger partial charge in [-0.15, -0.1) is 0 Å². The van der Waals surface area contributed by atoms with Crippen molar-refractivity contribution in [3.05, 3.63) is 28.9 Å². The number of aromatic nitrogens is 2. The van der Waals surface area contributed by atoms with Crippen LogP contribution < -0.4 is 5.76 Å². The first kappa shape index (κ1) is 14.5. The summed E-state index contributed by atoms with van der Waals surface area (Å²) in [6.07, 6.45) is 7.66. The topological polar surface area (TPSA) is 68.3 Å². The number of carbonyl (C=O) groups excluding carboxylic acids is 1. The Kier molecular flexibility index (Phi) is 3.67. The van der Waals surface area contributed by atoms with Crippen molar-refractivity contribution in [2.75, 3.05) is 13.1 Å². The first-order chi connectivity index (χ1) is 11.2. The molecule has 1 saturated heterocycles. The molecule has 4 rings (SSSR count). The summed E-state index contributed by atoms with van der Waals surface area (Å²) < 4.78 is 6.93. The van der Waals surface area contributed by atoms with Crippen molar-refractivity contribution in [1.82, 2.24) is 14.5 Å². The Labute approximate surface area is 134 Å². The lowest BCUT2D eigenvalue weighted by molar-refractivity contribution is -0.136. The molecule has 122 valence electrons. The number of likely N-dealkylation sites (tertiary alicyclic amines) is 1.